The van der Waals surface area contributed by atoms with Crippen LogP contribution < -0.4 is 0 Å². The van der Waals surface area contributed by atoms with Crippen LogP contribution in [0.5, 0.6) is 0 Å². The van der Waals surface area contributed by atoms with E-state index < -0.39 is 0 Å². The molecule has 3 fully saturated rings. The van der Waals surface area contributed by atoms with Crippen molar-refractivity contribution in [3.8, 4) is 0 Å². The molecule has 1 saturated heterocycles. The van der Waals surface area contributed by atoms with Crippen molar-refractivity contribution in [2.75, 3.05) is 26.7 Å². The first kappa shape index (κ1) is 15.8. The molecule has 124 valence electrons. The Morgan fingerprint density at radius 2 is 2.05 bits per heavy atom. The second kappa shape index (κ2) is 5.84. The van der Waals surface area contributed by atoms with Crippen LogP contribution in [-0.2, 0) is 9.59 Å². The first-order valence-corrected chi connectivity index (χ1v) is 8.64. The third kappa shape index (κ3) is 2.75. The molecule has 1 heterocycles. The zero-order chi connectivity index (χ0) is 15.9. The van der Waals surface area contributed by atoms with Crippen LogP contribution in [0.4, 0.5) is 0 Å². The van der Waals surface area contributed by atoms with Crippen molar-refractivity contribution in [2.45, 2.75) is 51.5 Å². The molecule has 0 aromatic rings. The van der Waals surface area contributed by atoms with E-state index in [2.05, 4.69) is 6.92 Å². The van der Waals surface area contributed by atoms with Gasteiger partial charge in [-0.1, -0.05) is 13.3 Å². The number of aliphatic hydroxyl groups is 1. The van der Waals surface area contributed by atoms with Gasteiger partial charge in [0.05, 0.1) is 6.61 Å². The summed E-state index contributed by atoms with van der Waals surface area (Å²) in [7, 11) is 1.72. The van der Waals surface area contributed by atoms with E-state index in [4.69, 9.17) is 5.11 Å². The molecule has 5 nitrogen and oxygen atoms in total. The van der Waals surface area contributed by atoms with Gasteiger partial charge in [-0.2, -0.15) is 0 Å². The van der Waals surface area contributed by atoms with E-state index in [0.29, 0.717) is 12.5 Å². The molecule has 0 aromatic heterocycles. The fourth-order valence-corrected chi connectivity index (χ4v) is 4.29. The Morgan fingerprint density at radius 3 is 2.59 bits per heavy atom. The molecule has 1 aliphatic heterocycles. The normalized spacial score (nSPS) is 32.5. The number of likely N-dealkylation sites (N-methyl/N-ethyl adjacent to an activating group) is 1. The van der Waals surface area contributed by atoms with Crippen LogP contribution in [0.2, 0.25) is 0 Å². The van der Waals surface area contributed by atoms with Crippen LogP contribution in [-0.4, -0.2) is 59.5 Å². The van der Waals surface area contributed by atoms with Crippen molar-refractivity contribution >= 4 is 11.8 Å². The van der Waals surface area contributed by atoms with Crippen molar-refractivity contribution in [1.29, 1.82) is 0 Å². The zero-order valence-electron chi connectivity index (χ0n) is 13.8. The average molecular weight is 308 g/mol. The summed E-state index contributed by atoms with van der Waals surface area (Å²) in [5, 5.41) is 9.05. The highest BCUT2D eigenvalue weighted by molar-refractivity contribution is 5.89. The van der Waals surface area contributed by atoms with Gasteiger partial charge in [0.2, 0.25) is 11.8 Å². The first-order valence-electron chi connectivity index (χ1n) is 8.64. The highest BCUT2D eigenvalue weighted by atomic mass is 16.3. The van der Waals surface area contributed by atoms with Crippen LogP contribution in [0.25, 0.3) is 0 Å². The van der Waals surface area contributed by atoms with E-state index in [0.717, 1.165) is 45.1 Å². The van der Waals surface area contributed by atoms with Crippen molar-refractivity contribution in [2.24, 2.45) is 17.3 Å². The molecule has 2 aliphatic carbocycles. The summed E-state index contributed by atoms with van der Waals surface area (Å²) < 4.78 is 0. The molecular weight excluding hydrogens is 280 g/mol. The Morgan fingerprint density at radius 1 is 1.32 bits per heavy atom. The predicted molar refractivity (Wildman–Crippen MR) is 83.0 cm³/mol. The molecule has 3 atom stereocenters. The lowest BCUT2D eigenvalue weighted by Crippen LogP contribution is -2.49. The second-order valence-corrected chi connectivity index (χ2v) is 7.68. The molecule has 5 heteroatoms. The highest BCUT2D eigenvalue weighted by Gasteiger charge is 2.56. The average Bonchev–Trinajstić information content (AvgIpc) is 2.93. The van der Waals surface area contributed by atoms with Gasteiger partial charge in [-0.25, -0.2) is 0 Å². The number of hydrogen-bond acceptors (Lipinski definition) is 3. The molecular formula is C17H28N2O3. The highest BCUT2D eigenvalue weighted by Crippen LogP contribution is 2.55. The second-order valence-electron chi connectivity index (χ2n) is 7.68. The van der Waals surface area contributed by atoms with E-state index in [9.17, 15) is 9.59 Å². The van der Waals surface area contributed by atoms with E-state index in [1.165, 1.54) is 0 Å². The zero-order valence-corrected chi connectivity index (χ0v) is 13.8. The summed E-state index contributed by atoms with van der Waals surface area (Å²) in [5.41, 5.74) is 0.220. The van der Waals surface area contributed by atoms with Gasteiger partial charge in [-0.15, -0.1) is 0 Å². The van der Waals surface area contributed by atoms with Gasteiger partial charge in [-0.05, 0) is 43.4 Å². The van der Waals surface area contributed by atoms with Gasteiger partial charge in [0.1, 0.15) is 6.04 Å². The monoisotopic (exact) mass is 308 g/mol. The number of nitrogens with zero attached hydrogens (tertiary/aromatic N) is 2. The molecule has 0 bridgehead atoms. The third-order valence-electron chi connectivity index (χ3n) is 6.02. The van der Waals surface area contributed by atoms with Crippen LogP contribution in [0.3, 0.4) is 0 Å². The number of hydrogen-bond donors (Lipinski definition) is 1. The molecule has 1 spiro atoms. The summed E-state index contributed by atoms with van der Waals surface area (Å²) >= 11 is 0. The lowest BCUT2D eigenvalue weighted by atomic mass is 9.96. The lowest BCUT2D eigenvalue weighted by molar-refractivity contribution is -0.146. The van der Waals surface area contributed by atoms with Crippen molar-refractivity contribution in [3.05, 3.63) is 0 Å². The number of amides is 2. The number of carbonyl (C=O) groups excluding carboxylic acids is 2. The Balaban J connectivity index is 1.75. The van der Waals surface area contributed by atoms with Gasteiger partial charge in [-0.3, -0.25) is 9.59 Å². The predicted octanol–water partition coefficient (Wildman–Crippen LogP) is 1.25. The Kier molecular flexibility index (Phi) is 4.19. The number of likely N-dealkylation sites (tertiary alicyclic amines) is 1. The molecule has 3 rings (SSSR count). The Hall–Kier alpha value is -1.10. The van der Waals surface area contributed by atoms with Gasteiger partial charge in [0.15, 0.2) is 0 Å². The number of carbonyl (C=O) groups is 2. The van der Waals surface area contributed by atoms with Crippen molar-refractivity contribution in [3.63, 3.8) is 0 Å². The Bertz CT molecular complexity index is 461. The smallest absolute Gasteiger partial charge is 0.245 e. The topological polar surface area (TPSA) is 60.9 Å². The van der Waals surface area contributed by atoms with Crippen LogP contribution in [0, 0.1) is 17.3 Å². The maximum Gasteiger partial charge on any atom is 0.245 e. The Labute approximate surface area is 132 Å². The van der Waals surface area contributed by atoms with Gasteiger partial charge in [0, 0.05) is 26.1 Å². The molecule has 2 saturated carbocycles. The van der Waals surface area contributed by atoms with E-state index >= 15 is 0 Å². The molecule has 3 aliphatic rings. The largest absolute Gasteiger partial charge is 0.395 e. The summed E-state index contributed by atoms with van der Waals surface area (Å²) in [5.74, 6) is 0.739. The summed E-state index contributed by atoms with van der Waals surface area (Å²) in [6.45, 7) is 3.23. The fraction of sp³-hybridized carbons (Fsp3) is 0.882. The van der Waals surface area contributed by atoms with E-state index in [-0.39, 0.29) is 35.8 Å². The summed E-state index contributed by atoms with van der Waals surface area (Å²) in [4.78, 5) is 29.1. The lowest BCUT2D eigenvalue weighted by Gasteiger charge is -2.30. The van der Waals surface area contributed by atoms with Crippen LogP contribution >= 0.6 is 0 Å². The van der Waals surface area contributed by atoms with Crippen LogP contribution in [0.15, 0.2) is 0 Å². The fourth-order valence-electron chi connectivity index (χ4n) is 4.29. The molecule has 22 heavy (non-hydrogen) atoms. The minimum absolute atomic E-state index is 0.00294. The maximum atomic E-state index is 13.0. The first-order chi connectivity index (χ1) is 10.5. The minimum Gasteiger partial charge on any atom is -0.395 e. The summed E-state index contributed by atoms with van der Waals surface area (Å²) in [6.07, 6.45) is 6.32. The van der Waals surface area contributed by atoms with Gasteiger partial charge in [0.25, 0.3) is 0 Å². The standard InChI is InChI=1S/C17H28N2O3/c1-12-4-3-5-13(12)15(21)19-11-17(6-7-17)10-14(19)16(22)18(2)8-9-20/h12-14,20H,3-11H2,1-2H3/t12?,13?,14-/m1/s1. The summed E-state index contributed by atoms with van der Waals surface area (Å²) in [6, 6.07) is -0.306. The quantitative estimate of drug-likeness (QED) is 0.850. The SMILES string of the molecule is CC1CCCC1C(=O)N1CC2(CC2)C[C@@H]1C(=O)N(C)CCO. The molecule has 0 radical (unpaired) electrons. The maximum absolute atomic E-state index is 13.0. The van der Waals surface area contributed by atoms with Gasteiger partial charge >= 0.3 is 0 Å². The minimum atomic E-state index is -0.306. The molecule has 2 amide bonds. The van der Waals surface area contributed by atoms with Crippen molar-refractivity contribution < 1.29 is 14.7 Å². The third-order valence-corrected chi connectivity index (χ3v) is 6.02. The number of aliphatic hydroxyl groups excluding tert-OH is 1. The molecule has 0 aromatic carbocycles. The van der Waals surface area contributed by atoms with Crippen LogP contribution in [0.1, 0.15) is 45.4 Å². The van der Waals surface area contributed by atoms with E-state index in [1.54, 1.807) is 11.9 Å². The van der Waals surface area contributed by atoms with Crippen molar-refractivity contribution in [1.82, 2.24) is 9.80 Å². The van der Waals surface area contributed by atoms with E-state index in [1.807, 2.05) is 4.90 Å². The van der Waals surface area contributed by atoms with Gasteiger partial charge < -0.3 is 14.9 Å². The molecule has 1 N–H and O–H groups in total. The molecule has 2 unspecified atom stereocenters. The number of rotatable bonds is 4.